The number of alkyl halides is 1. The van der Waals surface area contributed by atoms with E-state index in [1.54, 1.807) is 13.8 Å². The molecular formula is C13H17BrFNO. The Morgan fingerprint density at radius 3 is 2.76 bits per heavy atom. The summed E-state index contributed by atoms with van der Waals surface area (Å²) in [5.41, 5.74) is 0.422. The third kappa shape index (κ3) is 3.06. The zero-order valence-corrected chi connectivity index (χ0v) is 11.7. The van der Waals surface area contributed by atoms with Crippen LogP contribution in [0.3, 0.4) is 0 Å². The van der Waals surface area contributed by atoms with Crippen LogP contribution in [0.2, 0.25) is 0 Å². The highest BCUT2D eigenvalue weighted by molar-refractivity contribution is 9.10. The second kappa shape index (κ2) is 5.04. The average molecular weight is 302 g/mol. The third-order valence-corrected chi connectivity index (χ3v) is 3.59. The van der Waals surface area contributed by atoms with Crippen LogP contribution in [0.4, 0.5) is 4.39 Å². The molecule has 94 valence electrons. The molecule has 1 saturated heterocycles. The molecule has 0 aliphatic carbocycles. The van der Waals surface area contributed by atoms with Gasteiger partial charge >= 0.3 is 0 Å². The second-order valence-electron chi connectivity index (χ2n) is 4.78. The fourth-order valence-electron chi connectivity index (χ4n) is 1.99. The van der Waals surface area contributed by atoms with Crippen molar-refractivity contribution in [3.8, 4) is 0 Å². The predicted molar refractivity (Wildman–Crippen MR) is 69.8 cm³/mol. The molecule has 4 heteroatoms. The minimum atomic E-state index is -1.33. The second-order valence-corrected chi connectivity index (χ2v) is 5.63. The van der Waals surface area contributed by atoms with Gasteiger partial charge in [0, 0.05) is 23.1 Å². The van der Waals surface area contributed by atoms with Crippen LogP contribution in [-0.2, 0) is 10.4 Å². The minimum absolute atomic E-state index is 0.0665. The van der Waals surface area contributed by atoms with E-state index in [1.165, 1.54) is 0 Å². The van der Waals surface area contributed by atoms with E-state index in [1.807, 2.05) is 18.2 Å². The van der Waals surface area contributed by atoms with Gasteiger partial charge in [-0.15, -0.1) is 0 Å². The molecule has 2 rings (SSSR count). The molecule has 0 bridgehead atoms. The SMILES string of the molecule is CC(C)(F)c1ccc(C2CNCCO2)cc1Br. The molecule has 0 radical (unpaired) electrons. The quantitative estimate of drug-likeness (QED) is 0.905. The molecule has 1 unspecified atom stereocenters. The van der Waals surface area contributed by atoms with Gasteiger partial charge in [-0.25, -0.2) is 4.39 Å². The number of benzene rings is 1. The van der Waals surface area contributed by atoms with E-state index in [4.69, 9.17) is 4.74 Å². The molecule has 1 N–H and O–H groups in total. The van der Waals surface area contributed by atoms with Gasteiger partial charge in [0.15, 0.2) is 0 Å². The van der Waals surface area contributed by atoms with Crippen molar-refractivity contribution in [1.82, 2.24) is 5.32 Å². The number of hydrogen-bond donors (Lipinski definition) is 1. The van der Waals surface area contributed by atoms with E-state index in [0.29, 0.717) is 5.56 Å². The highest BCUT2D eigenvalue weighted by atomic mass is 79.9. The number of ether oxygens (including phenoxy) is 1. The maximum absolute atomic E-state index is 13.9. The molecule has 1 aliphatic rings. The van der Waals surface area contributed by atoms with Gasteiger partial charge in [0.05, 0.1) is 12.7 Å². The van der Waals surface area contributed by atoms with Crippen LogP contribution in [0.25, 0.3) is 0 Å². The zero-order valence-electron chi connectivity index (χ0n) is 10.1. The van der Waals surface area contributed by atoms with Gasteiger partial charge in [-0.3, -0.25) is 0 Å². The highest BCUT2D eigenvalue weighted by Gasteiger charge is 2.23. The Hall–Kier alpha value is -0.450. The van der Waals surface area contributed by atoms with Crippen LogP contribution < -0.4 is 5.32 Å². The summed E-state index contributed by atoms with van der Waals surface area (Å²) in [4.78, 5) is 0. The summed E-state index contributed by atoms with van der Waals surface area (Å²) in [7, 11) is 0. The van der Waals surface area contributed by atoms with Crippen molar-refractivity contribution in [1.29, 1.82) is 0 Å². The molecular weight excluding hydrogens is 285 g/mol. The van der Waals surface area contributed by atoms with Crippen molar-refractivity contribution < 1.29 is 9.13 Å². The Morgan fingerprint density at radius 1 is 1.47 bits per heavy atom. The lowest BCUT2D eigenvalue weighted by molar-refractivity contribution is 0.0276. The van der Waals surface area contributed by atoms with Crippen molar-refractivity contribution in [2.45, 2.75) is 25.6 Å². The number of halogens is 2. The summed E-state index contributed by atoms with van der Waals surface area (Å²) >= 11 is 3.43. The van der Waals surface area contributed by atoms with Crippen LogP contribution in [0.1, 0.15) is 31.1 Å². The minimum Gasteiger partial charge on any atom is -0.371 e. The van der Waals surface area contributed by atoms with Crippen LogP contribution in [0.15, 0.2) is 22.7 Å². The van der Waals surface area contributed by atoms with Gasteiger partial charge in [0.1, 0.15) is 5.67 Å². The maximum Gasteiger partial charge on any atom is 0.131 e. The molecule has 1 heterocycles. The monoisotopic (exact) mass is 301 g/mol. The molecule has 1 fully saturated rings. The molecule has 0 saturated carbocycles. The maximum atomic E-state index is 13.9. The van der Waals surface area contributed by atoms with E-state index in [2.05, 4.69) is 21.2 Å². The summed E-state index contributed by atoms with van der Waals surface area (Å²) in [5.74, 6) is 0. The molecule has 0 aromatic heterocycles. The smallest absolute Gasteiger partial charge is 0.131 e. The van der Waals surface area contributed by atoms with Crippen molar-refractivity contribution in [3.63, 3.8) is 0 Å². The average Bonchev–Trinajstić information content (AvgIpc) is 2.28. The summed E-state index contributed by atoms with van der Waals surface area (Å²) in [5, 5.41) is 3.28. The van der Waals surface area contributed by atoms with Crippen molar-refractivity contribution >= 4 is 15.9 Å². The molecule has 17 heavy (non-hydrogen) atoms. The Labute approximate surface area is 110 Å². The highest BCUT2D eigenvalue weighted by Crippen LogP contribution is 2.33. The topological polar surface area (TPSA) is 21.3 Å². The third-order valence-electron chi connectivity index (χ3n) is 2.93. The first-order valence-corrected chi connectivity index (χ1v) is 6.59. The van der Waals surface area contributed by atoms with Crippen LogP contribution in [0, 0.1) is 0 Å². The Balaban J connectivity index is 2.24. The van der Waals surface area contributed by atoms with Gasteiger partial charge in [-0.2, -0.15) is 0 Å². The number of hydrogen-bond acceptors (Lipinski definition) is 2. The lowest BCUT2D eigenvalue weighted by Crippen LogP contribution is -2.33. The summed E-state index contributed by atoms with van der Waals surface area (Å²) in [6, 6.07) is 5.73. The molecule has 2 nitrogen and oxygen atoms in total. The lowest BCUT2D eigenvalue weighted by atomic mass is 9.97. The molecule has 0 spiro atoms. The number of rotatable bonds is 2. The Morgan fingerprint density at radius 2 is 2.24 bits per heavy atom. The Kier molecular flexibility index (Phi) is 3.85. The predicted octanol–water partition coefficient (Wildman–Crippen LogP) is 3.31. The van der Waals surface area contributed by atoms with Gasteiger partial charge in [-0.05, 0) is 25.5 Å². The van der Waals surface area contributed by atoms with Gasteiger partial charge in [0.2, 0.25) is 0 Å². The normalized spacial score (nSPS) is 21.5. The summed E-state index contributed by atoms with van der Waals surface area (Å²) < 4.78 is 20.4. The van der Waals surface area contributed by atoms with E-state index < -0.39 is 5.67 Å². The lowest BCUT2D eigenvalue weighted by Gasteiger charge is -2.25. The largest absolute Gasteiger partial charge is 0.371 e. The van der Waals surface area contributed by atoms with Crippen molar-refractivity contribution in [3.05, 3.63) is 33.8 Å². The number of morpholine rings is 1. The first-order valence-electron chi connectivity index (χ1n) is 5.79. The zero-order chi connectivity index (χ0) is 12.5. The fourth-order valence-corrected chi connectivity index (χ4v) is 2.86. The first kappa shape index (κ1) is 13.0. The Bertz CT molecular complexity index is 397. The van der Waals surface area contributed by atoms with Crippen molar-refractivity contribution in [2.75, 3.05) is 19.7 Å². The van der Waals surface area contributed by atoms with Gasteiger partial charge in [-0.1, -0.05) is 28.1 Å². The first-order chi connectivity index (χ1) is 7.98. The standard InChI is InChI=1S/C13H17BrFNO/c1-13(2,15)10-4-3-9(7-11(10)14)12-8-16-5-6-17-12/h3-4,7,12,16H,5-6,8H2,1-2H3. The molecule has 1 aromatic rings. The van der Waals surface area contributed by atoms with E-state index in [0.717, 1.165) is 29.7 Å². The van der Waals surface area contributed by atoms with Crippen molar-refractivity contribution in [2.24, 2.45) is 0 Å². The molecule has 1 atom stereocenters. The summed E-state index contributed by atoms with van der Waals surface area (Å²) in [6.07, 6.45) is 0.0665. The molecule has 0 amide bonds. The summed E-state index contributed by atoms with van der Waals surface area (Å²) in [6.45, 7) is 5.55. The number of nitrogens with one attached hydrogen (secondary N) is 1. The van der Waals surface area contributed by atoms with E-state index >= 15 is 0 Å². The fraction of sp³-hybridized carbons (Fsp3) is 0.538. The van der Waals surface area contributed by atoms with E-state index in [-0.39, 0.29) is 6.10 Å². The van der Waals surface area contributed by atoms with Gasteiger partial charge in [0.25, 0.3) is 0 Å². The van der Waals surface area contributed by atoms with Crippen LogP contribution in [-0.4, -0.2) is 19.7 Å². The molecule has 1 aromatic carbocycles. The molecule has 1 aliphatic heterocycles. The van der Waals surface area contributed by atoms with Crippen LogP contribution in [0.5, 0.6) is 0 Å². The van der Waals surface area contributed by atoms with Crippen LogP contribution >= 0.6 is 15.9 Å². The van der Waals surface area contributed by atoms with Gasteiger partial charge < -0.3 is 10.1 Å². The van der Waals surface area contributed by atoms with E-state index in [9.17, 15) is 4.39 Å².